The molecule has 110 valence electrons. The smallest absolute Gasteiger partial charge is 0.316 e. The Labute approximate surface area is 119 Å². The summed E-state index contributed by atoms with van der Waals surface area (Å²) in [4.78, 5) is 25.3. The average Bonchev–Trinajstić information content (AvgIpc) is 2.27. The summed E-state index contributed by atoms with van der Waals surface area (Å²) in [7, 11) is 0. The van der Waals surface area contributed by atoms with Gasteiger partial charge >= 0.3 is 5.97 Å². The van der Waals surface area contributed by atoms with Crippen LogP contribution in [0.2, 0.25) is 0 Å². The maximum atomic E-state index is 12.3. The largest absolute Gasteiger partial charge is 0.480 e. The Bertz CT molecular complexity index is 323. The number of piperidine rings is 1. The van der Waals surface area contributed by atoms with Crippen LogP contribution in [0.15, 0.2) is 0 Å². The number of carbonyl (C=O) groups excluding carboxylic acids is 1. The fourth-order valence-corrected chi connectivity index (χ4v) is 3.70. The van der Waals surface area contributed by atoms with Gasteiger partial charge < -0.3 is 10.0 Å². The van der Waals surface area contributed by atoms with Gasteiger partial charge in [-0.3, -0.25) is 9.59 Å². The van der Waals surface area contributed by atoms with Crippen molar-refractivity contribution in [2.75, 3.05) is 5.75 Å². The molecule has 3 unspecified atom stereocenters. The lowest BCUT2D eigenvalue weighted by atomic mass is 9.98. The number of nitrogens with zero attached hydrogens (tertiary/aromatic N) is 1. The van der Waals surface area contributed by atoms with Crippen molar-refractivity contribution in [2.45, 2.75) is 64.3 Å². The monoisotopic (exact) mass is 287 g/mol. The third-order valence-corrected chi connectivity index (χ3v) is 5.24. The van der Waals surface area contributed by atoms with E-state index in [1.165, 1.54) is 18.2 Å². The second kappa shape index (κ2) is 7.17. The molecule has 3 atom stereocenters. The van der Waals surface area contributed by atoms with Gasteiger partial charge in [0.15, 0.2) is 0 Å². The van der Waals surface area contributed by atoms with Crippen molar-refractivity contribution in [3.05, 3.63) is 0 Å². The van der Waals surface area contributed by atoms with E-state index < -0.39 is 11.2 Å². The Morgan fingerprint density at radius 2 is 1.79 bits per heavy atom. The third-order valence-electron chi connectivity index (χ3n) is 3.72. The Kier molecular flexibility index (Phi) is 6.17. The van der Waals surface area contributed by atoms with Gasteiger partial charge in [-0.1, -0.05) is 13.8 Å². The number of hydrogen-bond acceptors (Lipinski definition) is 3. The first-order chi connectivity index (χ1) is 8.84. The van der Waals surface area contributed by atoms with Crippen molar-refractivity contribution < 1.29 is 14.7 Å². The summed E-state index contributed by atoms with van der Waals surface area (Å²) in [6.45, 7) is 7.91. The number of carboxylic acids is 1. The van der Waals surface area contributed by atoms with Crippen LogP contribution in [0, 0.1) is 5.92 Å². The van der Waals surface area contributed by atoms with Gasteiger partial charge in [0, 0.05) is 12.1 Å². The molecule has 0 aliphatic carbocycles. The van der Waals surface area contributed by atoms with Crippen molar-refractivity contribution in [1.29, 1.82) is 0 Å². The van der Waals surface area contributed by atoms with Crippen molar-refractivity contribution >= 4 is 23.6 Å². The van der Waals surface area contributed by atoms with Crippen molar-refractivity contribution in [1.82, 2.24) is 4.90 Å². The van der Waals surface area contributed by atoms with Crippen LogP contribution >= 0.6 is 11.8 Å². The number of thioether (sulfide) groups is 1. The van der Waals surface area contributed by atoms with Crippen LogP contribution in [0.4, 0.5) is 0 Å². The molecule has 1 saturated heterocycles. The SMILES string of the molecule is CC(C)C(SCC(=O)N1C(C)CCCC1C)C(=O)O. The lowest BCUT2D eigenvalue weighted by Crippen LogP contribution is -2.48. The second-order valence-corrected chi connectivity index (χ2v) is 6.87. The molecule has 1 aliphatic rings. The third kappa shape index (κ3) is 4.41. The number of hydrogen-bond donors (Lipinski definition) is 1. The fourth-order valence-electron chi connectivity index (χ4n) is 2.70. The molecule has 19 heavy (non-hydrogen) atoms. The molecule has 1 fully saturated rings. The molecule has 0 aromatic heterocycles. The van der Waals surface area contributed by atoms with Crippen LogP contribution in [0.5, 0.6) is 0 Å². The molecule has 0 radical (unpaired) electrons. The zero-order valence-electron chi connectivity index (χ0n) is 12.3. The van der Waals surface area contributed by atoms with Gasteiger partial charge in [0.25, 0.3) is 0 Å². The molecule has 1 rings (SSSR count). The van der Waals surface area contributed by atoms with E-state index >= 15 is 0 Å². The van der Waals surface area contributed by atoms with E-state index in [2.05, 4.69) is 13.8 Å². The normalized spacial score (nSPS) is 25.4. The quantitative estimate of drug-likeness (QED) is 0.844. The summed E-state index contributed by atoms with van der Waals surface area (Å²) < 4.78 is 0. The standard InChI is InChI=1S/C14H25NO3S/c1-9(2)13(14(17)18)19-8-12(16)15-10(3)6-5-7-11(15)4/h9-11,13H,5-8H2,1-4H3,(H,17,18). The minimum absolute atomic E-state index is 0.0338. The van der Waals surface area contributed by atoms with Crippen LogP contribution in [-0.2, 0) is 9.59 Å². The van der Waals surface area contributed by atoms with Crippen LogP contribution in [0.1, 0.15) is 47.0 Å². The minimum Gasteiger partial charge on any atom is -0.480 e. The summed E-state index contributed by atoms with van der Waals surface area (Å²) in [5, 5.41) is 8.62. The predicted octanol–water partition coefficient (Wildman–Crippen LogP) is 2.62. The zero-order chi connectivity index (χ0) is 14.6. The molecule has 0 spiro atoms. The molecule has 0 saturated carbocycles. The number of rotatable bonds is 5. The van der Waals surface area contributed by atoms with Crippen LogP contribution in [0.25, 0.3) is 0 Å². The highest BCUT2D eigenvalue weighted by Crippen LogP contribution is 2.25. The highest BCUT2D eigenvalue weighted by molar-refractivity contribution is 8.01. The molecule has 1 N–H and O–H groups in total. The number of likely N-dealkylation sites (tertiary alicyclic amines) is 1. The highest BCUT2D eigenvalue weighted by Gasteiger charge is 2.30. The van der Waals surface area contributed by atoms with Crippen LogP contribution in [-0.4, -0.2) is 45.0 Å². The Balaban J connectivity index is 2.56. The van der Waals surface area contributed by atoms with Gasteiger partial charge in [-0.2, -0.15) is 0 Å². The summed E-state index contributed by atoms with van der Waals surface area (Å²) in [6, 6.07) is 0.554. The van der Waals surface area contributed by atoms with Crippen LogP contribution < -0.4 is 0 Å². The molecular weight excluding hydrogens is 262 g/mol. The van der Waals surface area contributed by atoms with E-state index in [1.54, 1.807) is 0 Å². The number of amides is 1. The van der Waals surface area contributed by atoms with Gasteiger partial charge in [0.2, 0.25) is 5.91 Å². The van der Waals surface area contributed by atoms with E-state index in [0.717, 1.165) is 12.8 Å². The van der Waals surface area contributed by atoms with Crippen molar-refractivity contribution in [2.24, 2.45) is 5.92 Å². The molecular formula is C14H25NO3S. The lowest BCUT2D eigenvalue weighted by molar-refractivity contribution is -0.137. The fraction of sp³-hybridized carbons (Fsp3) is 0.857. The van der Waals surface area contributed by atoms with E-state index in [1.807, 2.05) is 18.7 Å². The second-order valence-electron chi connectivity index (χ2n) is 5.74. The molecule has 5 heteroatoms. The van der Waals surface area contributed by atoms with Crippen molar-refractivity contribution in [3.8, 4) is 0 Å². The molecule has 1 amide bonds. The number of aliphatic carboxylic acids is 1. The zero-order valence-corrected chi connectivity index (χ0v) is 13.1. The first-order valence-electron chi connectivity index (χ1n) is 7.00. The maximum absolute atomic E-state index is 12.3. The first-order valence-corrected chi connectivity index (χ1v) is 8.05. The number of carbonyl (C=O) groups is 2. The summed E-state index contributed by atoms with van der Waals surface area (Å²) in [5.74, 6) is -0.445. The summed E-state index contributed by atoms with van der Waals surface area (Å²) in [6.07, 6.45) is 3.27. The van der Waals surface area contributed by atoms with E-state index in [9.17, 15) is 9.59 Å². The van der Waals surface area contributed by atoms with Gasteiger partial charge in [0.05, 0.1) is 5.75 Å². The average molecular weight is 287 g/mol. The highest BCUT2D eigenvalue weighted by atomic mass is 32.2. The van der Waals surface area contributed by atoms with E-state index in [0.29, 0.717) is 0 Å². The Morgan fingerprint density at radius 1 is 1.26 bits per heavy atom. The minimum atomic E-state index is -0.826. The molecule has 4 nitrogen and oxygen atoms in total. The summed E-state index contributed by atoms with van der Waals surface area (Å²) in [5.41, 5.74) is 0. The van der Waals surface area contributed by atoms with Gasteiger partial charge in [-0.15, -0.1) is 11.8 Å². The van der Waals surface area contributed by atoms with Crippen LogP contribution in [0.3, 0.4) is 0 Å². The van der Waals surface area contributed by atoms with Gasteiger partial charge in [-0.25, -0.2) is 0 Å². The molecule has 0 aromatic carbocycles. The lowest BCUT2D eigenvalue weighted by Gasteiger charge is -2.39. The van der Waals surface area contributed by atoms with Gasteiger partial charge in [0.1, 0.15) is 5.25 Å². The maximum Gasteiger partial charge on any atom is 0.316 e. The Hall–Kier alpha value is -0.710. The van der Waals surface area contributed by atoms with Crippen molar-refractivity contribution in [3.63, 3.8) is 0 Å². The van der Waals surface area contributed by atoms with Gasteiger partial charge in [-0.05, 0) is 39.0 Å². The predicted molar refractivity (Wildman–Crippen MR) is 78.3 cm³/mol. The number of carboxylic acid groups (broad SMARTS) is 1. The Morgan fingerprint density at radius 3 is 2.21 bits per heavy atom. The summed E-state index contributed by atoms with van der Waals surface area (Å²) >= 11 is 1.25. The van der Waals surface area contributed by atoms with E-state index in [-0.39, 0.29) is 29.7 Å². The first kappa shape index (κ1) is 16.3. The topological polar surface area (TPSA) is 57.6 Å². The molecule has 0 aromatic rings. The molecule has 1 heterocycles. The molecule has 1 aliphatic heterocycles. The van der Waals surface area contributed by atoms with E-state index in [4.69, 9.17) is 5.11 Å². The molecule has 0 bridgehead atoms.